The maximum absolute atomic E-state index is 4.42. The van der Waals surface area contributed by atoms with Crippen LogP contribution in [0.1, 0.15) is 26.7 Å². The predicted octanol–water partition coefficient (Wildman–Crippen LogP) is 1.72. The van der Waals surface area contributed by atoms with Gasteiger partial charge in [-0.15, -0.1) is 0 Å². The van der Waals surface area contributed by atoms with Gasteiger partial charge in [-0.05, 0) is 24.0 Å². The number of rotatable bonds is 4. The molecule has 0 aromatic rings. The quantitative estimate of drug-likeness (QED) is 0.732. The fourth-order valence-electron chi connectivity index (χ4n) is 2.38. The number of nitrogens with zero attached hydrogens (tertiary/aromatic N) is 2. The van der Waals surface area contributed by atoms with Crippen LogP contribution in [0.3, 0.4) is 0 Å². The summed E-state index contributed by atoms with van der Waals surface area (Å²) in [5, 5.41) is 0. The first-order chi connectivity index (χ1) is 7.11. The average molecular weight is 228 g/mol. The first-order valence-electron chi connectivity index (χ1n) is 6.18. The van der Waals surface area contributed by atoms with Crippen molar-refractivity contribution in [3.05, 3.63) is 0 Å². The van der Waals surface area contributed by atoms with E-state index in [1.165, 1.54) is 45.6 Å². The third-order valence-corrected chi connectivity index (χ3v) is 4.41. The molecule has 1 aliphatic carbocycles. The molecule has 0 spiro atoms. The lowest BCUT2D eigenvalue weighted by molar-refractivity contribution is 0.0993. The monoisotopic (exact) mass is 228 g/mol. The van der Waals surface area contributed by atoms with Crippen LogP contribution in [0.5, 0.6) is 0 Å². The normalized spacial score (nSPS) is 25.8. The van der Waals surface area contributed by atoms with E-state index >= 15 is 0 Å². The van der Waals surface area contributed by atoms with E-state index in [9.17, 15) is 0 Å². The second-order valence-corrected chi connectivity index (χ2v) is 6.18. The van der Waals surface area contributed by atoms with E-state index in [-0.39, 0.29) is 0 Å². The van der Waals surface area contributed by atoms with Crippen LogP contribution >= 0.6 is 12.6 Å². The molecular weight excluding hydrogens is 204 g/mol. The highest BCUT2D eigenvalue weighted by molar-refractivity contribution is 7.80. The van der Waals surface area contributed by atoms with Crippen LogP contribution in [-0.2, 0) is 0 Å². The lowest BCUT2D eigenvalue weighted by Crippen LogP contribution is -2.49. The first kappa shape index (κ1) is 11.7. The summed E-state index contributed by atoms with van der Waals surface area (Å²) in [4.78, 5) is 5.28. The molecule has 1 heterocycles. The molecule has 2 fully saturated rings. The molecule has 2 rings (SSSR count). The summed E-state index contributed by atoms with van der Waals surface area (Å²) in [6.45, 7) is 10.9. The Bertz CT molecular complexity index is 206. The summed E-state index contributed by atoms with van der Waals surface area (Å²) >= 11 is 4.42. The van der Waals surface area contributed by atoms with E-state index < -0.39 is 0 Å². The van der Waals surface area contributed by atoms with Crippen molar-refractivity contribution in [2.75, 3.05) is 38.5 Å². The number of hydrogen-bond acceptors (Lipinski definition) is 3. The Morgan fingerprint density at radius 1 is 1.13 bits per heavy atom. The lowest BCUT2D eigenvalue weighted by Gasteiger charge is -2.38. The van der Waals surface area contributed by atoms with Gasteiger partial charge in [0.2, 0.25) is 0 Å². The van der Waals surface area contributed by atoms with Crippen LogP contribution in [0.15, 0.2) is 0 Å². The van der Waals surface area contributed by atoms with Crippen molar-refractivity contribution in [3.8, 4) is 0 Å². The zero-order valence-electron chi connectivity index (χ0n) is 10.1. The topological polar surface area (TPSA) is 6.48 Å². The second kappa shape index (κ2) is 4.64. The zero-order chi connectivity index (χ0) is 10.9. The molecule has 3 heteroatoms. The Kier molecular flexibility index (Phi) is 3.63. The summed E-state index contributed by atoms with van der Waals surface area (Å²) in [5.74, 6) is 0.982. The molecule has 0 aromatic heterocycles. The van der Waals surface area contributed by atoms with E-state index in [4.69, 9.17) is 0 Å². The van der Waals surface area contributed by atoms with Gasteiger partial charge in [-0.2, -0.15) is 12.6 Å². The van der Waals surface area contributed by atoms with Crippen molar-refractivity contribution in [1.82, 2.24) is 9.80 Å². The van der Waals surface area contributed by atoms with E-state index in [0.29, 0.717) is 5.41 Å². The largest absolute Gasteiger partial charge is 0.300 e. The van der Waals surface area contributed by atoms with Crippen LogP contribution in [-0.4, -0.2) is 54.3 Å². The molecule has 0 atom stereocenters. The van der Waals surface area contributed by atoms with Crippen LogP contribution in [0.2, 0.25) is 0 Å². The minimum Gasteiger partial charge on any atom is -0.300 e. The van der Waals surface area contributed by atoms with E-state index in [2.05, 4.69) is 36.3 Å². The van der Waals surface area contributed by atoms with Crippen LogP contribution in [0, 0.1) is 5.41 Å². The molecule has 1 saturated heterocycles. The van der Waals surface area contributed by atoms with Crippen molar-refractivity contribution in [2.24, 2.45) is 5.41 Å². The Hall–Kier alpha value is 0.270. The standard InChI is InChI=1S/C12H24N2S/c1-12(2,10-15)9-13-5-7-14(8-6-13)11-3-4-11/h11,15H,3-10H2,1-2H3. The van der Waals surface area contributed by atoms with Gasteiger partial charge in [0.15, 0.2) is 0 Å². The molecule has 1 saturated carbocycles. The number of thiol groups is 1. The fourth-order valence-corrected chi connectivity index (χ4v) is 2.48. The lowest BCUT2D eigenvalue weighted by atomic mass is 9.95. The predicted molar refractivity (Wildman–Crippen MR) is 68.7 cm³/mol. The van der Waals surface area contributed by atoms with Gasteiger partial charge in [-0.25, -0.2) is 0 Å². The molecule has 0 unspecified atom stereocenters. The Morgan fingerprint density at radius 3 is 2.20 bits per heavy atom. The van der Waals surface area contributed by atoms with Crippen molar-refractivity contribution in [2.45, 2.75) is 32.7 Å². The van der Waals surface area contributed by atoms with Crippen molar-refractivity contribution >= 4 is 12.6 Å². The van der Waals surface area contributed by atoms with Crippen LogP contribution in [0.25, 0.3) is 0 Å². The summed E-state index contributed by atoms with van der Waals surface area (Å²) in [6, 6.07) is 0.949. The summed E-state index contributed by atoms with van der Waals surface area (Å²) in [6.07, 6.45) is 2.89. The molecule has 88 valence electrons. The third-order valence-electron chi connectivity index (χ3n) is 3.55. The van der Waals surface area contributed by atoms with Gasteiger partial charge in [0.25, 0.3) is 0 Å². The average Bonchev–Trinajstić information content (AvgIpc) is 3.02. The van der Waals surface area contributed by atoms with Gasteiger partial charge in [0.1, 0.15) is 0 Å². The molecule has 0 N–H and O–H groups in total. The van der Waals surface area contributed by atoms with E-state index in [1.54, 1.807) is 0 Å². The maximum atomic E-state index is 4.42. The Morgan fingerprint density at radius 2 is 1.73 bits per heavy atom. The van der Waals surface area contributed by atoms with Crippen LogP contribution < -0.4 is 0 Å². The number of hydrogen-bond donors (Lipinski definition) is 1. The SMILES string of the molecule is CC(C)(CS)CN1CCN(C2CC2)CC1. The van der Waals surface area contributed by atoms with Crippen molar-refractivity contribution in [1.29, 1.82) is 0 Å². The fraction of sp³-hybridized carbons (Fsp3) is 1.00. The van der Waals surface area contributed by atoms with Gasteiger partial charge >= 0.3 is 0 Å². The molecule has 2 nitrogen and oxygen atoms in total. The first-order valence-corrected chi connectivity index (χ1v) is 6.81. The van der Waals surface area contributed by atoms with Gasteiger partial charge in [0.05, 0.1) is 0 Å². The molecular formula is C12H24N2S. The highest BCUT2D eigenvalue weighted by Crippen LogP contribution is 2.28. The smallest absolute Gasteiger partial charge is 0.0113 e. The maximum Gasteiger partial charge on any atom is 0.0113 e. The number of piperazine rings is 1. The molecule has 0 radical (unpaired) electrons. The van der Waals surface area contributed by atoms with Gasteiger partial charge in [0, 0.05) is 38.8 Å². The minimum absolute atomic E-state index is 0.366. The van der Waals surface area contributed by atoms with Crippen molar-refractivity contribution in [3.63, 3.8) is 0 Å². The van der Waals surface area contributed by atoms with E-state index in [0.717, 1.165) is 11.8 Å². The van der Waals surface area contributed by atoms with E-state index in [1.807, 2.05) is 0 Å². The summed E-state index contributed by atoms with van der Waals surface area (Å²) < 4.78 is 0. The molecule has 0 amide bonds. The second-order valence-electron chi connectivity index (χ2n) is 5.87. The summed E-state index contributed by atoms with van der Waals surface area (Å²) in [5.41, 5.74) is 0.366. The Balaban J connectivity index is 1.73. The molecule has 2 aliphatic rings. The minimum atomic E-state index is 0.366. The summed E-state index contributed by atoms with van der Waals surface area (Å²) in [7, 11) is 0. The van der Waals surface area contributed by atoms with Crippen molar-refractivity contribution < 1.29 is 0 Å². The van der Waals surface area contributed by atoms with Crippen LogP contribution in [0.4, 0.5) is 0 Å². The highest BCUT2D eigenvalue weighted by atomic mass is 32.1. The Labute approximate surface area is 99.4 Å². The van der Waals surface area contributed by atoms with Gasteiger partial charge in [-0.1, -0.05) is 13.8 Å². The molecule has 15 heavy (non-hydrogen) atoms. The molecule has 1 aliphatic heterocycles. The zero-order valence-corrected chi connectivity index (χ0v) is 11.0. The molecule has 0 bridgehead atoms. The highest BCUT2D eigenvalue weighted by Gasteiger charge is 2.32. The third kappa shape index (κ3) is 3.36. The van der Waals surface area contributed by atoms with Gasteiger partial charge in [-0.3, -0.25) is 4.90 Å². The molecule has 0 aromatic carbocycles. The van der Waals surface area contributed by atoms with Gasteiger partial charge < -0.3 is 4.90 Å².